The molecule has 1 unspecified atom stereocenters. The molecular weight excluding hydrogens is 650 g/mol. The van der Waals surface area contributed by atoms with E-state index in [1.165, 1.54) is 0 Å². The standard InChI is InChI=1S/C39H55N5O7/c1-5-18-39(37(40)49,30(24-29-14-10-7-11-15-29)35(47)42-32(23-27(2)3)34(46)38(4)26-51-38)43-36(48)31(17-16-28-12-8-6-9-13-28)41-33(45)25-44-19-21-50-22-20-44/h6-15,27,30-32H,5,16-26H2,1-4H3,(H2,40,49)(H,41,45)(H,42,47)(H,43,48)/t30-,31+,32-,38-,39?/m0/s1. The molecule has 12 nitrogen and oxygen atoms in total. The number of benzene rings is 2. The Morgan fingerprint density at radius 1 is 0.902 bits per heavy atom. The molecule has 4 rings (SSSR count). The van der Waals surface area contributed by atoms with Crippen LogP contribution in [0.15, 0.2) is 60.7 Å². The summed E-state index contributed by atoms with van der Waals surface area (Å²) in [7, 11) is 0. The zero-order valence-electron chi connectivity index (χ0n) is 30.5. The van der Waals surface area contributed by atoms with Gasteiger partial charge in [-0.2, -0.15) is 0 Å². The molecule has 2 aliphatic rings. The Hall–Kier alpha value is -4.13. The van der Waals surface area contributed by atoms with Crippen LogP contribution >= 0.6 is 0 Å². The molecular formula is C39H55N5O7. The number of nitrogens with two attached hydrogens (primary N) is 1. The van der Waals surface area contributed by atoms with Gasteiger partial charge in [0.15, 0.2) is 5.78 Å². The Morgan fingerprint density at radius 2 is 1.51 bits per heavy atom. The highest BCUT2D eigenvalue weighted by atomic mass is 16.6. The van der Waals surface area contributed by atoms with Crippen LogP contribution in [0.3, 0.4) is 0 Å². The Bertz CT molecular complexity index is 1480. The number of hydrogen-bond donors (Lipinski definition) is 4. The smallest absolute Gasteiger partial charge is 0.244 e. The van der Waals surface area contributed by atoms with Crippen LogP contribution in [0.2, 0.25) is 0 Å². The quantitative estimate of drug-likeness (QED) is 0.152. The van der Waals surface area contributed by atoms with Crippen molar-refractivity contribution < 1.29 is 33.4 Å². The van der Waals surface area contributed by atoms with Gasteiger partial charge in [0, 0.05) is 13.1 Å². The lowest BCUT2D eigenvalue weighted by Gasteiger charge is -2.40. The summed E-state index contributed by atoms with van der Waals surface area (Å²) in [5, 5.41) is 8.78. The average Bonchev–Trinajstić information content (AvgIpc) is 3.87. The van der Waals surface area contributed by atoms with Crippen molar-refractivity contribution in [3.63, 3.8) is 0 Å². The third-order valence-corrected chi connectivity index (χ3v) is 9.75. The number of ketones is 1. The Labute approximate surface area is 301 Å². The largest absolute Gasteiger partial charge is 0.379 e. The summed E-state index contributed by atoms with van der Waals surface area (Å²) in [5.74, 6) is -3.77. The molecule has 0 aromatic heterocycles. The molecule has 0 bridgehead atoms. The predicted octanol–water partition coefficient (Wildman–Crippen LogP) is 2.32. The van der Waals surface area contributed by atoms with E-state index in [0.717, 1.165) is 11.1 Å². The fraction of sp³-hybridized carbons (Fsp3) is 0.564. The first kappa shape index (κ1) is 39.7. The van der Waals surface area contributed by atoms with Gasteiger partial charge >= 0.3 is 0 Å². The molecule has 0 saturated carbocycles. The first-order valence-corrected chi connectivity index (χ1v) is 18.1. The summed E-state index contributed by atoms with van der Waals surface area (Å²) in [6.45, 7) is 10.0. The second-order valence-electron chi connectivity index (χ2n) is 14.4. The van der Waals surface area contributed by atoms with Gasteiger partial charge in [-0.1, -0.05) is 87.9 Å². The number of ether oxygens (including phenoxy) is 2. The number of nitrogens with zero attached hydrogens (tertiary/aromatic N) is 1. The van der Waals surface area contributed by atoms with E-state index in [1.807, 2.05) is 86.3 Å². The highest BCUT2D eigenvalue weighted by Crippen LogP contribution is 2.32. The Morgan fingerprint density at radius 3 is 2.06 bits per heavy atom. The molecule has 51 heavy (non-hydrogen) atoms. The zero-order chi connectivity index (χ0) is 37.0. The van der Waals surface area contributed by atoms with E-state index in [0.29, 0.717) is 45.6 Å². The van der Waals surface area contributed by atoms with Crippen LogP contribution in [0.5, 0.6) is 0 Å². The van der Waals surface area contributed by atoms with Gasteiger partial charge in [-0.15, -0.1) is 0 Å². The summed E-state index contributed by atoms with van der Waals surface area (Å²) >= 11 is 0. The molecule has 5 atom stereocenters. The van der Waals surface area contributed by atoms with Crippen molar-refractivity contribution in [3.8, 4) is 0 Å². The van der Waals surface area contributed by atoms with E-state index in [1.54, 1.807) is 6.92 Å². The SMILES string of the molecule is CCCC(NC(=O)[C@@H](CCc1ccccc1)NC(=O)CN1CCOCC1)(C(N)=O)[C@@H](Cc1ccccc1)C(=O)N[C@@H](CC(C)C)C(=O)[C@]1(C)CO1. The molecule has 2 aliphatic heterocycles. The molecule has 2 fully saturated rings. The summed E-state index contributed by atoms with van der Waals surface area (Å²) in [6, 6.07) is 16.9. The number of amides is 4. The van der Waals surface area contributed by atoms with E-state index >= 15 is 0 Å². The normalized spacial score (nSPS) is 20.3. The molecule has 2 aromatic carbocycles. The number of carbonyl (C=O) groups excluding carboxylic acids is 5. The first-order chi connectivity index (χ1) is 24.4. The van der Waals surface area contributed by atoms with Crippen LogP contribution in [0.4, 0.5) is 0 Å². The topological polar surface area (TPSA) is 172 Å². The molecule has 2 saturated heterocycles. The van der Waals surface area contributed by atoms with Crippen molar-refractivity contribution in [1.82, 2.24) is 20.9 Å². The zero-order valence-corrected chi connectivity index (χ0v) is 30.5. The summed E-state index contributed by atoms with van der Waals surface area (Å²) in [5.41, 5.74) is 5.10. The van der Waals surface area contributed by atoms with Crippen LogP contribution in [0, 0.1) is 11.8 Å². The molecule has 4 amide bonds. The van der Waals surface area contributed by atoms with E-state index in [-0.39, 0.29) is 50.0 Å². The lowest BCUT2D eigenvalue weighted by molar-refractivity contribution is -0.143. The second kappa shape index (κ2) is 18.4. The number of epoxide rings is 1. The molecule has 5 N–H and O–H groups in total. The van der Waals surface area contributed by atoms with Crippen molar-refractivity contribution in [3.05, 3.63) is 71.8 Å². The van der Waals surface area contributed by atoms with Crippen LogP contribution in [-0.4, -0.2) is 97.0 Å². The van der Waals surface area contributed by atoms with Gasteiger partial charge in [0.2, 0.25) is 23.6 Å². The van der Waals surface area contributed by atoms with Gasteiger partial charge in [-0.05, 0) is 56.1 Å². The molecule has 2 heterocycles. The minimum atomic E-state index is -1.85. The monoisotopic (exact) mass is 705 g/mol. The minimum Gasteiger partial charge on any atom is -0.379 e. The first-order valence-electron chi connectivity index (χ1n) is 18.1. The summed E-state index contributed by atoms with van der Waals surface area (Å²) in [4.78, 5) is 71.5. The Balaban J connectivity index is 1.67. The van der Waals surface area contributed by atoms with Gasteiger partial charge in [-0.25, -0.2) is 0 Å². The van der Waals surface area contributed by atoms with E-state index in [2.05, 4.69) is 16.0 Å². The van der Waals surface area contributed by atoms with Crippen molar-refractivity contribution in [2.24, 2.45) is 17.6 Å². The van der Waals surface area contributed by atoms with Crippen LogP contribution in [0.1, 0.15) is 64.5 Å². The third-order valence-electron chi connectivity index (χ3n) is 9.75. The molecule has 12 heteroatoms. The minimum absolute atomic E-state index is 0.0513. The van der Waals surface area contributed by atoms with Crippen molar-refractivity contribution in [2.75, 3.05) is 39.5 Å². The van der Waals surface area contributed by atoms with Crippen molar-refractivity contribution in [1.29, 1.82) is 0 Å². The third kappa shape index (κ3) is 11.2. The van der Waals surface area contributed by atoms with Gasteiger partial charge < -0.3 is 31.2 Å². The fourth-order valence-electron chi connectivity index (χ4n) is 6.74. The molecule has 2 aromatic rings. The maximum atomic E-state index is 14.5. The highest BCUT2D eigenvalue weighted by molar-refractivity contribution is 6.01. The van der Waals surface area contributed by atoms with Crippen LogP contribution in [-0.2, 0) is 46.3 Å². The van der Waals surface area contributed by atoms with Gasteiger partial charge in [-0.3, -0.25) is 28.9 Å². The lowest BCUT2D eigenvalue weighted by atomic mass is 9.75. The molecule has 0 aliphatic carbocycles. The van der Waals surface area contributed by atoms with Gasteiger partial charge in [0.05, 0.1) is 38.3 Å². The van der Waals surface area contributed by atoms with Gasteiger partial charge in [0.25, 0.3) is 0 Å². The van der Waals surface area contributed by atoms with E-state index in [9.17, 15) is 24.0 Å². The number of aryl methyl sites for hydroxylation is 1. The summed E-state index contributed by atoms with van der Waals surface area (Å²) < 4.78 is 10.8. The number of hydrogen-bond acceptors (Lipinski definition) is 8. The maximum absolute atomic E-state index is 14.5. The number of Topliss-reactive ketones (excluding diaryl/α,β-unsaturated/α-hetero) is 1. The van der Waals surface area contributed by atoms with Crippen LogP contribution < -0.4 is 21.7 Å². The maximum Gasteiger partial charge on any atom is 0.244 e. The number of rotatable bonds is 20. The number of carbonyl (C=O) groups is 5. The number of primary amides is 1. The predicted molar refractivity (Wildman–Crippen MR) is 193 cm³/mol. The average molecular weight is 706 g/mol. The number of morpholine rings is 1. The van der Waals surface area contributed by atoms with Crippen LogP contribution in [0.25, 0.3) is 0 Å². The second-order valence-corrected chi connectivity index (χ2v) is 14.4. The van der Waals surface area contributed by atoms with Crippen molar-refractivity contribution >= 4 is 29.4 Å². The molecule has 0 spiro atoms. The van der Waals surface area contributed by atoms with Gasteiger partial charge in [0.1, 0.15) is 17.2 Å². The molecule has 0 radical (unpaired) electrons. The summed E-state index contributed by atoms with van der Waals surface area (Å²) in [6.07, 6.45) is 1.59. The molecule has 278 valence electrons. The Kier molecular flexibility index (Phi) is 14.3. The van der Waals surface area contributed by atoms with Crippen molar-refractivity contribution in [2.45, 2.75) is 89.4 Å². The van der Waals surface area contributed by atoms with E-state index < -0.39 is 46.9 Å². The lowest BCUT2D eigenvalue weighted by Crippen LogP contribution is -2.68. The highest BCUT2D eigenvalue weighted by Gasteiger charge is 2.53. The van der Waals surface area contributed by atoms with E-state index in [4.69, 9.17) is 15.2 Å². The fourth-order valence-corrected chi connectivity index (χ4v) is 6.74. The number of nitrogens with one attached hydrogen (secondary N) is 3.